The molecule has 1 aliphatic heterocycles. The van der Waals surface area contributed by atoms with Crippen molar-refractivity contribution >= 4 is 55.9 Å². The summed E-state index contributed by atoms with van der Waals surface area (Å²) in [6, 6.07) is 0. The molecular formula is C11H17BrN5O12P3. The van der Waals surface area contributed by atoms with Crippen LogP contribution < -0.4 is 5.73 Å². The molecule has 1 saturated heterocycles. The predicted octanol–water partition coefficient (Wildman–Crippen LogP) is -0.797. The highest BCUT2D eigenvalue weighted by atomic mass is 79.9. The number of nitrogens with zero attached hydrogens (tertiary/aromatic N) is 4. The summed E-state index contributed by atoms with van der Waals surface area (Å²) in [5.41, 5.74) is 6.04. The average molecular weight is 584 g/mol. The summed E-state index contributed by atoms with van der Waals surface area (Å²) in [4.78, 5) is 48.8. The number of imidazole rings is 1. The monoisotopic (exact) mass is 583 g/mol. The van der Waals surface area contributed by atoms with E-state index >= 15 is 0 Å². The summed E-state index contributed by atoms with van der Waals surface area (Å²) in [6.07, 6.45) is -3.61. The van der Waals surface area contributed by atoms with Crippen molar-refractivity contribution in [3.05, 3.63) is 12.7 Å². The van der Waals surface area contributed by atoms with E-state index in [1.54, 1.807) is 0 Å². The molecule has 0 radical (unpaired) electrons. The minimum atomic E-state index is -5.38. The Hall–Kier alpha value is -0.840. The van der Waals surface area contributed by atoms with Gasteiger partial charge in [-0.05, 0) is 0 Å². The topological polar surface area (TPSA) is 270 Å². The minimum Gasteiger partial charge on any atom is -0.387 e. The highest BCUT2D eigenvalue weighted by Gasteiger charge is 2.49. The molecule has 0 aliphatic carbocycles. The van der Waals surface area contributed by atoms with Crippen LogP contribution in [0.25, 0.3) is 11.2 Å². The van der Waals surface area contributed by atoms with Crippen molar-refractivity contribution in [3.8, 4) is 0 Å². The van der Waals surface area contributed by atoms with Crippen LogP contribution in [-0.4, -0.2) is 78.5 Å². The number of phosphoric acid groups is 1. The number of nitrogen functional groups attached to an aromatic ring is 1. The highest BCUT2D eigenvalue weighted by molar-refractivity contribution is 9.12. The molecule has 7 atom stereocenters. The van der Waals surface area contributed by atoms with E-state index in [1.165, 1.54) is 10.9 Å². The lowest BCUT2D eigenvalue weighted by Crippen LogP contribution is -2.33. The average Bonchev–Trinajstić information content (AvgIpc) is 3.21. The van der Waals surface area contributed by atoms with Crippen LogP contribution in [0.1, 0.15) is 6.23 Å². The summed E-state index contributed by atoms with van der Waals surface area (Å²) in [5.74, 6) is 0.0499. The fraction of sp³-hybridized carbons (Fsp3) is 0.545. The lowest BCUT2D eigenvalue weighted by atomic mass is 10.1. The van der Waals surface area contributed by atoms with Crippen LogP contribution in [0.3, 0.4) is 0 Å². The molecule has 0 bridgehead atoms. The van der Waals surface area contributed by atoms with E-state index in [9.17, 15) is 33.7 Å². The lowest BCUT2D eigenvalue weighted by Gasteiger charge is -2.22. The van der Waals surface area contributed by atoms with Crippen molar-refractivity contribution in [1.29, 1.82) is 0 Å². The van der Waals surface area contributed by atoms with E-state index in [4.69, 9.17) is 20.3 Å². The van der Waals surface area contributed by atoms with E-state index in [0.717, 1.165) is 6.33 Å². The molecule has 2 aromatic heterocycles. The van der Waals surface area contributed by atoms with Gasteiger partial charge in [0.15, 0.2) is 17.7 Å². The summed E-state index contributed by atoms with van der Waals surface area (Å²) in [5, 5.41) is 20.5. The number of hydrogen-bond acceptors (Lipinski definition) is 12. The molecule has 2 aromatic rings. The number of fused-ring (bicyclic) bond motifs is 1. The van der Waals surface area contributed by atoms with E-state index in [-0.39, 0.29) is 17.0 Å². The van der Waals surface area contributed by atoms with Gasteiger partial charge in [0, 0.05) is 0 Å². The third kappa shape index (κ3) is 5.28. The molecule has 0 spiro atoms. The summed E-state index contributed by atoms with van der Waals surface area (Å²) >= 11 is 2.25. The van der Waals surface area contributed by atoms with Crippen LogP contribution in [0.15, 0.2) is 12.7 Å². The van der Waals surface area contributed by atoms with E-state index < -0.39 is 58.5 Å². The molecule has 21 heteroatoms. The SMILES string of the molecule is Nc1ncnc2c1ncn2[C@@H]1O[C@H](COP(=O)(O)OP(=O)(O)C(Br)P(=O)(O)O)[C@@H](O)[C@H]1O. The minimum absolute atomic E-state index is 0.0499. The van der Waals surface area contributed by atoms with Crippen LogP contribution >= 0.6 is 38.9 Å². The Morgan fingerprint density at radius 3 is 2.44 bits per heavy atom. The maximum absolute atomic E-state index is 12.0. The maximum Gasteiger partial charge on any atom is 0.479 e. The van der Waals surface area contributed by atoms with Gasteiger partial charge in [-0.2, -0.15) is 0 Å². The molecule has 0 aromatic carbocycles. The van der Waals surface area contributed by atoms with Crippen molar-refractivity contribution in [2.45, 2.75) is 28.8 Å². The lowest BCUT2D eigenvalue weighted by molar-refractivity contribution is -0.0501. The first kappa shape index (κ1) is 25.8. The standard InChI is InChI=1S/C11H17BrN5O12P3/c12-11(30(20,21)22)31(23,24)29-32(25,26)27-1-4-6(18)7(19)10(28-4)17-3-16-5-8(13)14-2-15-9(5)17/h2-4,6-7,10-11,18-19H,1H2,(H,23,24)(H,25,26)(H2,13,14,15)(H2,20,21,22)/t4-,6-,7-,10-,11?/m1/s1. The predicted molar refractivity (Wildman–Crippen MR) is 107 cm³/mol. The highest BCUT2D eigenvalue weighted by Crippen LogP contribution is 2.71. The van der Waals surface area contributed by atoms with Crippen molar-refractivity contribution < 1.29 is 57.1 Å². The molecule has 3 heterocycles. The van der Waals surface area contributed by atoms with E-state index in [1.807, 2.05) is 0 Å². The first-order valence-corrected chi connectivity index (χ1v) is 14.0. The Kier molecular flexibility index (Phi) is 7.31. The molecule has 180 valence electrons. The van der Waals surface area contributed by atoms with E-state index in [0.29, 0.717) is 0 Å². The van der Waals surface area contributed by atoms with Crippen LogP contribution in [0, 0.1) is 0 Å². The molecule has 3 unspecified atom stereocenters. The second kappa shape index (κ2) is 9.07. The Balaban J connectivity index is 1.70. The quantitative estimate of drug-likeness (QED) is 0.148. The number of halogens is 1. The number of phosphoric ester groups is 1. The molecule has 32 heavy (non-hydrogen) atoms. The molecule has 0 amide bonds. The normalized spacial score (nSPS) is 29.0. The molecule has 1 aliphatic rings. The summed E-state index contributed by atoms with van der Waals surface area (Å²) in [7, 11) is -16.0. The first-order chi connectivity index (χ1) is 14.6. The third-order valence-corrected chi connectivity index (χ3v) is 12.4. The van der Waals surface area contributed by atoms with Crippen LogP contribution in [0.2, 0.25) is 0 Å². The van der Waals surface area contributed by atoms with Crippen molar-refractivity contribution in [2.75, 3.05) is 12.3 Å². The van der Waals surface area contributed by atoms with Crippen molar-refractivity contribution in [2.24, 2.45) is 0 Å². The number of rotatable bonds is 8. The van der Waals surface area contributed by atoms with Gasteiger partial charge in [0.05, 0.1) is 12.9 Å². The molecule has 8 N–H and O–H groups in total. The summed E-state index contributed by atoms with van der Waals surface area (Å²) < 4.78 is 47.7. The third-order valence-electron chi connectivity index (χ3n) is 4.17. The van der Waals surface area contributed by atoms with Gasteiger partial charge in [0.2, 0.25) is 4.31 Å². The molecule has 1 fully saturated rings. The fourth-order valence-electron chi connectivity index (χ4n) is 2.72. The smallest absolute Gasteiger partial charge is 0.387 e. The van der Waals surface area contributed by atoms with Crippen molar-refractivity contribution in [3.63, 3.8) is 0 Å². The van der Waals surface area contributed by atoms with E-state index in [2.05, 4.69) is 39.7 Å². The van der Waals surface area contributed by atoms with Gasteiger partial charge < -0.3 is 40.3 Å². The summed E-state index contributed by atoms with van der Waals surface area (Å²) in [6.45, 7) is -0.922. The number of aliphatic hydroxyl groups is 2. The Bertz CT molecular complexity index is 1140. The second-order valence-corrected chi connectivity index (χ2v) is 14.4. The Morgan fingerprint density at radius 1 is 1.16 bits per heavy atom. The zero-order chi connectivity index (χ0) is 24.1. The van der Waals surface area contributed by atoms with Crippen LogP contribution in [-0.2, 0) is 27.3 Å². The zero-order valence-corrected chi connectivity index (χ0v) is 19.7. The van der Waals surface area contributed by atoms with Gasteiger partial charge >= 0.3 is 23.0 Å². The van der Waals surface area contributed by atoms with Gasteiger partial charge in [-0.3, -0.25) is 18.2 Å². The van der Waals surface area contributed by atoms with Gasteiger partial charge in [0.25, 0.3) is 0 Å². The van der Waals surface area contributed by atoms with Crippen molar-refractivity contribution in [1.82, 2.24) is 19.5 Å². The molecule has 3 rings (SSSR count). The van der Waals surface area contributed by atoms with Gasteiger partial charge in [0.1, 0.15) is 30.2 Å². The van der Waals surface area contributed by atoms with Gasteiger partial charge in [-0.1, -0.05) is 15.9 Å². The largest absolute Gasteiger partial charge is 0.479 e. The van der Waals surface area contributed by atoms with Gasteiger partial charge in [-0.15, -0.1) is 0 Å². The van der Waals surface area contributed by atoms with Crippen LogP contribution in [0.4, 0.5) is 5.82 Å². The number of aromatic nitrogens is 4. The number of ether oxygens (including phenoxy) is 1. The van der Waals surface area contributed by atoms with Gasteiger partial charge in [-0.25, -0.2) is 23.8 Å². The van der Waals surface area contributed by atoms with Crippen LogP contribution in [0.5, 0.6) is 0 Å². The maximum atomic E-state index is 12.0. The Morgan fingerprint density at radius 2 is 1.81 bits per heavy atom. The first-order valence-electron chi connectivity index (χ1n) is 8.29. The number of aliphatic hydroxyl groups excluding tert-OH is 2. The zero-order valence-electron chi connectivity index (χ0n) is 15.5. The molecular weight excluding hydrogens is 567 g/mol. The fourth-order valence-corrected chi connectivity index (χ4v) is 7.31. The molecule has 0 saturated carbocycles. The number of anilines is 1. The number of hydrogen-bond donors (Lipinski definition) is 7. The Labute approximate surface area is 186 Å². The number of nitrogens with two attached hydrogens (primary N) is 1. The number of alkyl halides is 1. The second-order valence-electron chi connectivity index (χ2n) is 6.44. The molecule has 17 nitrogen and oxygen atoms in total.